The van der Waals surface area contributed by atoms with E-state index in [1.807, 2.05) is 0 Å². The number of carbonyl (C=O) groups is 2. The number of hydrazone groups is 1. The molecule has 0 atom stereocenters. The molecule has 0 unspecified atom stereocenters. The van der Waals surface area contributed by atoms with Crippen LogP contribution in [-0.2, 0) is 19.1 Å². The van der Waals surface area contributed by atoms with Crippen LogP contribution in [0.15, 0.2) is 45.1 Å². The van der Waals surface area contributed by atoms with Crippen molar-refractivity contribution in [3.63, 3.8) is 0 Å². The number of rotatable bonds is 7. The van der Waals surface area contributed by atoms with Crippen LogP contribution in [0.1, 0.15) is 13.8 Å². The molecule has 0 radical (unpaired) electrons. The van der Waals surface area contributed by atoms with Gasteiger partial charge in [-0.25, -0.2) is 9.59 Å². The summed E-state index contributed by atoms with van der Waals surface area (Å²) >= 11 is 3.30. The summed E-state index contributed by atoms with van der Waals surface area (Å²) in [5.74, 6) is -1.81. The number of hydrogen-bond acceptors (Lipinski definition) is 8. The fourth-order valence-electron chi connectivity index (χ4n) is 1.60. The van der Waals surface area contributed by atoms with Crippen molar-refractivity contribution in [2.75, 3.05) is 18.6 Å². The Morgan fingerprint density at radius 2 is 1.76 bits per heavy atom. The molecule has 0 saturated heterocycles. The number of ether oxygens (including phenoxy) is 2. The normalized spacial score (nSPS) is 11.8. The number of nitrogens with zero attached hydrogens (tertiary/aromatic N) is 2. The Hall–Kier alpha value is -2.86. The molecule has 1 aromatic rings. The number of nitrogens with two attached hydrogens (primary N) is 1. The zero-order valence-electron chi connectivity index (χ0n) is 13.7. The maximum atomic E-state index is 12.1. The van der Waals surface area contributed by atoms with Gasteiger partial charge in [-0.15, -0.1) is 0 Å². The van der Waals surface area contributed by atoms with Gasteiger partial charge >= 0.3 is 11.9 Å². The number of nitriles is 1. The highest BCUT2D eigenvalue weighted by molar-refractivity contribution is 9.10. The lowest BCUT2D eigenvalue weighted by atomic mass is 10.1. The molecule has 0 aromatic heterocycles. The highest BCUT2D eigenvalue weighted by Gasteiger charge is 2.24. The Morgan fingerprint density at radius 3 is 2.28 bits per heavy atom. The van der Waals surface area contributed by atoms with E-state index in [4.69, 9.17) is 20.5 Å². The third-order valence-electron chi connectivity index (χ3n) is 2.73. The van der Waals surface area contributed by atoms with Gasteiger partial charge in [0.1, 0.15) is 6.07 Å². The molecular weight excluding hydrogens is 392 g/mol. The molecular formula is C16H17BrN4O4. The predicted octanol–water partition coefficient (Wildman–Crippen LogP) is 2.08. The Balaban J connectivity index is 3.24. The minimum absolute atomic E-state index is 0.0559. The highest BCUT2D eigenvalue weighted by Crippen LogP contribution is 2.14. The third-order valence-corrected chi connectivity index (χ3v) is 3.25. The summed E-state index contributed by atoms with van der Waals surface area (Å²) in [5, 5.41) is 13.0. The topological polar surface area (TPSA) is 127 Å². The van der Waals surface area contributed by atoms with Crippen molar-refractivity contribution in [1.29, 1.82) is 5.26 Å². The van der Waals surface area contributed by atoms with Crippen molar-refractivity contribution < 1.29 is 19.1 Å². The number of benzene rings is 1. The average Bonchev–Trinajstić information content (AvgIpc) is 2.58. The first-order chi connectivity index (χ1) is 11.9. The quantitative estimate of drug-likeness (QED) is 0.232. The summed E-state index contributed by atoms with van der Waals surface area (Å²) in [7, 11) is 0. The lowest BCUT2D eigenvalue weighted by molar-refractivity contribution is -0.138. The molecule has 0 fully saturated rings. The Bertz CT molecular complexity index is 735. The summed E-state index contributed by atoms with van der Waals surface area (Å²) in [6, 6.07) is 8.56. The fourth-order valence-corrected chi connectivity index (χ4v) is 1.86. The highest BCUT2D eigenvalue weighted by atomic mass is 79.9. The van der Waals surface area contributed by atoms with Crippen LogP contribution in [0.5, 0.6) is 0 Å². The van der Waals surface area contributed by atoms with Gasteiger partial charge in [0.25, 0.3) is 0 Å². The number of anilines is 1. The van der Waals surface area contributed by atoms with Crippen LogP contribution in [0, 0.1) is 11.3 Å². The van der Waals surface area contributed by atoms with Gasteiger partial charge in [0.2, 0.25) is 0 Å². The van der Waals surface area contributed by atoms with Crippen LogP contribution >= 0.6 is 15.9 Å². The van der Waals surface area contributed by atoms with Crippen molar-refractivity contribution in [2.24, 2.45) is 10.8 Å². The first kappa shape index (κ1) is 20.2. The number of carbonyl (C=O) groups excluding carboxylic acids is 2. The van der Waals surface area contributed by atoms with E-state index < -0.39 is 28.9 Å². The lowest BCUT2D eigenvalue weighted by Gasteiger charge is -2.09. The van der Waals surface area contributed by atoms with E-state index >= 15 is 0 Å². The van der Waals surface area contributed by atoms with Gasteiger partial charge < -0.3 is 15.2 Å². The molecule has 0 amide bonds. The van der Waals surface area contributed by atoms with E-state index in [1.54, 1.807) is 44.2 Å². The summed E-state index contributed by atoms with van der Waals surface area (Å²) in [6.07, 6.45) is 0. The van der Waals surface area contributed by atoms with E-state index in [1.165, 1.54) is 0 Å². The minimum Gasteiger partial charge on any atom is -0.462 e. The van der Waals surface area contributed by atoms with E-state index in [0.717, 1.165) is 4.47 Å². The van der Waals surface area contributed by atoms with Crippen LogP contribution in [0.2, 0.25) is 0 Å². The fraction of sp³-hybridized carbons (Fsp3) is 0.250. The molecule has 0 aliphatic heterocycles. The molecule has 0 heterocycles. The first-order valence-electron chi connectivity index (χ1n) is 7.28. The molecule has 1 rings (SSSR count). The first-order valence-corrected chi connectivity index (χ1v) is 8.07. The third kappa shape index (κ3) is 5.93. The zero-order valence-corrected chi connectivity index (χ0v) is 15.3. The van der Waals surface area contributed by atoms with E-state index in [0.29, 0.717) is 5.69 Å². The van der Waals surface area contributed by atoms with E-state index in [9.17, 15) is 9.59 Å². The maximum absolute atomic E-state index is 12.1. The summed E-state index contributed by atoms with van der Waals surface area (Å²) in [6.45, 7) is 3.32. The second-order valence-corrected chi connectivity index (χ2v) is 5.34. The number of esters is 2. The maximum Gasteiger partial charge on any atom is 0.360 e. The molecule has 1 aromatic carbocycles. The molecule has 9 heteroatoms. The summed E-state index contributed by atoms with van der Waals surface area (Å²) in [5.41, 5.74) is 7.65. The predicted molar refractivity (Wildman–Crippen MR) is 95.3 cm³/mol. The van der Waals surface area contributed by atoms with Crippen molar-refractivity contribution in [2.45, 2.75) is 13.8 Å². The van der Waals surface area contributed by atoms with Gasteiger partial charge in [-0.3, -0.25) is 5.43 Å². The number of halogens is 1. The van der Waals surface area contributed by atoms with Crippen LogP contribution in [0.3, 0.4) is 0 Å². The number of hydrogen-bond donors (Lipinski definition) is 2. The largest absolute Gasteiger partial charge is 0.462 e. The SMILES string of the molecule is CCOC(=O)C(=N\Nc1ccc(Br)cc1)/C(N)=C(\C#N)C(=O)OCC. The monoisotopic (exact) mass is 408 g/mol. The van der Waals surface area contributed by atoms with Gasteiger partial charge in [-0.2, -0.15) is 10.4 Å². The average molecular weight is 409 g/mol. The molecule has 8 nitrogen and oxygen atoms in total. The molecule has 132 valence electrons. The van der Waals surface area contributed by atoms with Crippen molar-refractivity contribution in [3.8, 4) is 6.07 Å². The van der Waals surface area contributed by atoms with E-state index in [-0.39, 0.29) is 13.2 Å². The van der Waals surface area contributed by atoms with Gasteiger partial charge in [-0.1, -0.05) is 15.9 Å². The van der Waals surface area contributed by atoms with Crippen LogP contribution in [0.4, 0.5) is 5.69 Å². The smallest absolute Gasteiger partial charge is 0.360 e. The standard InChI is InChI=1S/C16H17BrN4O4/c1-3-24-15(22)12(9-18)13(19)14(16(23)25-4-2)21-20-11-7-5-10(17)6-8-11/h5-8,20H,3-4,19H2,1-2H3/b13-12-,21-14-. The molecule has 25 heavy (non-hydrogen) atoms. The molecule has 3 N–H and O–H groups in total. The van der Waals surface area contributed by atoms with Crippen molar-refractivity contribution in [3.05, 3.63) is 40.0 Å². The van der Waals surface area contributed by atoms with E-state index in [2.05, 4.69) is 26.5 Å². The molecule has 0 spiro atoms. The minimum atomic E-state index is -0.942. The van der Waals surface area contributed by atoms with Gasteiger partial charge in [-0.05, 0) is 38.1 Å². The Labute approximate surface area is 153 Å². The second-order valence-electron chi connectivity index (χ2n) is 4.42. The molecule has 0 bridgehead atoms. The van der Waals surface area contributed by atoms with Crippen molar-refractivity contribution in [1.82, 2.24) is 0 Å². The molecule has 0 aliphatic carbocycles. The van der Waals surface area contributed by atoms with Crippen LogP contribution in [-0.4, -0.2) is 30.9 Å². The van der Waals surface area contributed by atoms with Gasteiger partial charge in [0, 0.05) is 4.47 Å². The van der Waals surface area contributed by atoms with Gasteiger partial charge in [0.15, 0.2) is 11.3 Å². The molecule has 0 saturated carbocycles. The van der Waals surface area contributed by atoms with Gasteiger partial charge in [0.05, 0.1) is 24.6 Å². The summed E-state index contributed by atoms with van der Waals surface area (Å²) < 4.78 is 10.5. The van der Waals surface area contributed by atoms with Crippen LogP contribution in [0.25, 0.3) is 0 Å². The Morgan fingerprint density at radius 1 is 1.20 bits per heavy atom. The summed E-state index contributed by atoms with van der Waals surface area (Å²) in [4.78, 5) is 23.9. The zero-order chi connectivity index (χ0) is 18.8. The second kappa shape index (κ2) is 10.1. The lowest BCUT2D eigenvalue weighted by Crippen LogP contribution is -2.28. The molecule has 0 aliphatic rings. The Kier molecular flexibility index (Phi) is 8.15. The number of nitrogens with one attached hydrogen (secondary N) is 1. The van der Waals surface area contributed by atoms with Crippen LogP contribution < -0.4 is 11.2 Å². The van der Waals surface area contributed by atoms with Crippen molar-refractivity contribution >= 4 is 39.3 Å².